The molecule has 5 heteroatoms. The Kier molecular flexibility index (Phi) is 4.04. The molecule has 1 aromatic rings. The van der Waals surface area contributed by atoms with Crippen LogP contribution in [0.25, 0.3) is 0 Å². The number of hydrogen-bond donors (Lipinski definition) is 1. The number of ketones is 1. The standard InChI is InChI=1S/C10H15BrN2O2/c1-4-8(14)9(15)5-7-10(11)6(2)12-13(7)3/h8,14H,4-5H2,1-3H3. The molecule has 1 unspecified atom stereocenters. The van der Waals surface area contributed by atoms with Crippen LogP contribution < -0.4 is 0 Å². The highest BCUT2D eigenvalue weighted by atomic mass is 79.9. The molecule has 0 aliphatic carbocycles. The van der Waals surface area contributed by atoms with Crippen molar-refractivity contribution < 1.29 is 9.90 Å². The van der Waals surface area contributed by atoms with Gasteiger partial charge in [-0.15, -0.1) is 0 Å². The number of hydrogen-bond acceptors (Lipinski definition) is 3. The number of rotatable bonds is 4. The molecule has 0 fully saturated rings. The maximum atomic E-state index is 11.5. The van der Waals surface area contributed by atoms with Crippen molar-refractivity contribution in [3.63, 3.8) is 0 Å². The highest BCUT2D eigenvalue weighted by molar-refractivity contribution is 9.10. The highest BCUT2D eigenvalue weighted by Crippen LogP contribution is 2.21. The maximum absolute atomic E-state index is 11.5. The third-order valence-corrected chi connectivity index (χ3v) is 3.39. The zero-order chi connectivity index (χ0) is 11.6. The van der Waals surface area contributed by atoms with Gasteiger partial charge in [-0.3, -0.25) is 9.48 Å². The van der Waals surface area contributed by atoms with Gasteiger partial charge in [-0.05, 0) is 29.3 Å². The maximum Gasteiger partial charge on any atom is 0.167 e. The van der Waals surface area contributed by atoms with Gasteiger partial charge in [-0.1, -0.05) is 6.92 Å². The summed E-state index contributed by atoms with van der Waals surface area (Å²) in [6, 6.07) is 0. The Balaban J connectivity index is 2.85. The predicted molar refractivity (Wildman–Crippen MR) is 60.7 cm³/mol. The average Bonchev–Trinajstić information content (AvgIpc) is 2.43. The number of Topliss-reactive ketones (excluding diaryl/α,β-unsaturated/α-hetero) is 1. The molecule has 0 aliphatic heterocycles. The third kappa shape index (κ3) is 2.66. The quantitative estimate of drug-likeness (QED) is 0.903. The second-order valence-electron chi connectivity index (χ2n) is 3.54. The molecule has 1 heterocycles. The van der Waals surface area contributed by atoms with E-state index in [4.69, 9.17) is 0 Å². The zero-order valence-corrected chi connectivity index (χ0v) is 10.7. The van der Waals surface area contributed by atoms with E-state index in [1.165, 1.54) is 0 Å². The van der Waals surface area contributed by atoms with Crippen LogP contribution in [-0.2, 0) is 18.3 Å². The summed E-state index contributed by atoms with van der Waals surface area (Å²) >= 11 is 3.38. The first-order valence-electron chi connectivity index (χ1n) is 4.86. The Morgan fingerprint density at radius 3 is 2.67 bits per heavy atom. The molecule has 1 rings (SSSR count). The summed E-state index contributed by atoms with van der Waals surface area (Å²) in [4.78, 5) is 11.5. The van der Waals surface area contributed by atoms with Crippen LogP contribution in [-0.4, -0.2) is 26.8 Å². The van der Waals surface area contributed by atoms with E-state index in [1.54, 1.807) is 18.7 Å². The van der Waals surface area contributed by atoms with Gasteiger partial charge in [0.15, 0.2) is 5.78 Å². The second-order valence-corrected chi connectivity index (χ2v) is 4.33. The third-order valence-electron chi connectivity index (χ3n) is 2.36. The average molecular weight is 275 g/mol. The fourth-order valence-corrected chi connectivity index (χ4v) is 1.86. The molecule has 84 valence electrons. The minimum atomic E-state index is -0.868. The summed E-state index contributed by atoms with van der Waals surface area (Å²) in [5, 5.41) is 13.6. The molecule has 0 aliphatic rings. The molecule has 0 saturated carbocycles. The first kappa shape index (κ1) is 12.4. The summed E-state index contributed by atoms with van der Waals surface area (Å²) in [7, 11) is 1.79. The molecule has 0 amide bonds. The molecular formula is C10H15BrN2O2. The van der Waals surface area contributed by atoms with Crippen molar-refractivity contribution in [1.82, 2.24) is 9.78 Å². The fourth-order valence-electron chi connectivity index (χ4n) is 1.38. The highest BCUT2D eigenvalue weighted by Gasteiger charge is 2.18. The van der Waals surface area contributed by atoms with Gasteiger partial charge in [-0.25, -0.2) is 0 Å². The van der Waals surface area contributed by atoms with E-state index >= 15 is 0 Å². The number of aliphatic hydroxyl groups is 1. The first-order valence-corrected chi connectivity index (χ1v) is 5.65. The van der Waals surface area contributed by atoms with Crippen molar-refractivity contribution >= 4 is 21.7 Å². The largest absolute Gasteiger partial charge is 0.385 e. The topological polar surface area (TPSA) is 55.1 Å². The van der Waals surface area contributed by atoms with Crippen molar-refractivity contribution in [2.75, 3.05) is 0 Å². The molecule has 0 radical (unpaired) electrons. The Morgan fingerprint density at radius 2 is 2.27 bits per heavy atom. The van der Waals surface area contributed by atoms with Crippen LogP contribution >= 0.6 is 15.9 Å². The molecule has 1 atom stereocenters. The SMILES string of the molecule is CCC(O)C(=O)Cc1c(Br)c(C)nn1C. The summed E-state index contributed by atoms with van der Waals surface area (Å²) in [5.41, 5.74) is 1.66. The Labute approximate surface area is 97.4 Å². The van der Waals surface area contributed by atoms with Gasteiger partial charge < -0.3 is 5.11 Å². The molecule has 0 spiro atoms. The number of carbonyl (C=O) groups excluding carboxylic acids is 1. The number of aliphatic hydroxyl groups excluding tert-OH is 1. The lowest BCUT2D eigenvalue weighted by molar-refractivity contribution is -0.126. The number of carbonyl (C=O) groups is 1. The van der Waals surface area contributed by atoms with Crippen molar-refractivity contribution in [2.45, 2.75) is 32.8 Å². The van der Waals surface area contributed by atoms with Gasteiger partial charge in [0.1, 0.15) is 6.10 Å². The first-order chi connectivity index (χ1) is 6.97. The van der Waals surface area contributed by atoms with Crippen LogP contribution in [0.15, 0.2) is 4.47 Å². The summed E-state index contributed by atoms with van der Waals surface area (Å²) < 4.78 is 2.52. The van der Waals surface area contributed by atoms with E-state index < -0.39 is 6.10 Å². The minimum absolute atomic E-state index is 0.166. The number of aromatic nitrogens is 2. The summed E-state index contributed by atoms with van der Waals surface area (Å²) in [6.07, 6.45) is -0.202. The number of nitrogens with zero attached hydrogens (tertiary/aromatic N) is 2. The Hall–Kier alpha value is -0.680. The molecule has 15 heavy (non-hydrogen) atoms. The predicted octanol–water partition coefficient (Wildman–Crippen LogP) is 1.37. The second kappa shape index (κ2) is 4.90. The van der Waals surface area contributed by atoms with E-state index in [-0.39, 0.29) is 12.2 Å². The van der Waals surface area contributed by atoms with Gasteiger partial charge in [0, 0.05) is 7.05 Å². The van der Waals surface area contributed by atoms with Crippen molar-refractivity contribution in [3.05, 3.63) is 15.9 Å². The van der Waals surface area contributed by atoms with Gasteiger partial charge in [-0.2, -0.15) is 5.10 Å². The molecular weight excluding hydrogens is 260 g/mol. The Morgan fingerprint density at radius 1 is 1.67 bits per heavy atom. The normalized spacial score (nSPS) is 12.9. The van der Waals surface area contributed by atoms with Crippen molar-refractivity contribution in [1.29, 1.82) is 0 Å². The number of halogens is 1. The molecule has 0 saturated heterocycles. The summed E-state index contributed by atoms with van der Waals surface area (Å²) in [5.74, 6) is -0.166. The van der Waals surface area contributed by atoms with Gasteiger partial charge in [0.25, 0.3) is 0 Å². The summed E-state index contributed by atoms with van der Waals surface area (Å²) in [6.45, 7) is 3.65. The smallest absolute Gasteiger partial charge is 0.167 e. The Bertz CT molecular complexity index is 374. The van der Waals surface area contributed by atoms with Crippen LogP contribution in [0.2, 0.25) is 0 Å². The van der Waals surface area contributed by atoms with E-state index in [0.717, 1.165) is 15.9 Å². The van der Waals surface area contributed by atoms with E-state index in [1.807, 2.05) is 6.92 Å². The molecule has 1 aromatic heterocycles. The van der Waals surface area contributed by atoms with Crippen LogP contribution in [0, 0.1) is 6.92 Å². The van der Waals surface area contributed by atoms with Crippen LogP contribution in [0.3, 0.4) is 0 Å². The van der Waals surface area contributed by atoms with Gasteiger partial charge >= 0.3 is 0 Å². The van der Waals surface area contributed by atoms with E-state index in [0.29, 0.717) is 6.42 Å². The molecule has 4 nitrogen and oxygen atoms in total. The molecule has 0 aromatic carbocycles. The van der Waals surface area contributed by atoms with E-state index in [9.17, 15) is 9.90 Å². The zero-order valence-electron chi connectivity index (χ0n) is 9.12. The van der Waals surface area contributed by atoms with Gasteiger partial charge in [0.2, 0.25) is 0 Å². The minimum Gasteiger partial charge on any atom is -0.385 e. The number of aryl methyl sites for hydroxylation is 2. The molecule has 1 N–H and O–H groups in total. The lowest BCUT2D eigenvalue weighted by Crippen LogP contribution is -2.22. The lowest BCUT2D eigenvalue weighted by atomic mass is 10.1. The van der Waals surface area contributed by atoms with Gasteiger partial charge in [0.05, 0.1) is 22.3 Å². The van der Waals surface area contributed by atoms with Crippen LogP contribution in [0.4, 0.5) is 0 Å². The van der Waals surface area contributed by atoms with Crippen LogP contribution in [0.5, 0.6) is 0 Å². The lowest BCUT2D eigenvalue weighted by Gasteiger charge is -2.07. The van der Waals surface area contributed by atoms with E-state index in [2.05, 4.69) is 21.0 Å². The fraction of sp³-hybridized carbons (Fsp3) is 0.600. The van der Waals surface area contributed by atoms with Crippen LogP contribution in [0.1, 0.15) is 24.7 Å². The van der Waals surface area contributed by atoms with Crippen molar-refractivity contribution in [3.8, 4) is 0 Å². The molecule has 0 bridgehead atoms. The van der Waals surface area contributed by atoms with Crippen molar-refractivity contribution in [2.24, 2.45) is 7.05 Å². The monoisotopic (exact) mass is 274 g/mol.